The molecule has 6 heteroatoms. The molecule has 1 saturated heterocycles. The minimum Gasteiger partial charge on any atom is -0.481 e. The van der Waals surface area contributed by atoms with Crippen LogP contribution in [0.5, 0.6) is 0 Å². The fourth-order valence-electron chi connectivity index (χ4n) is 2.27. The van der Waals surface area contributed by atoms with Crippen LogP contribution in [0.1, 0.15) is 22.3 Å². The van der Waals surface area contributed by atoms with Crippen molar-refractivity contribution >= 4 is 29.3 Å². The maximum absolute atomic E-state index is 12.5. The number of carbonyl (C=O) groups is 2. The number of aryl methyl sites for hydroxylation is 1. The summed E-state index contributed by atoms with van der Waals surface area (Å²) in [4.78, 5) is 25.1. The number of aliphatic carboxylic acids is 1. The number of nitrogens with zero attached hydrogens (tertiary/aromatic N) is 1. The Hall–Kier alpha value is -1.69. The molecule has 1 aromatic carbocycles. The highest BCUT2D eigenvalue weighted by atomic mass is 32.2. The molecule has 1 heterocycles. The highest BCUT2D eigenvalue weighted by Crippen LogP contribution is 2.22. The Balaban J connectivity index is 2.20. The number of amides is 1. The number of anilines is 1. The van der Waals surface area contributed by atoms with Crippen molar-refractivity contribution in [1.82, 2.24) is 4.90 Å². The van der Waals surface area contributed by atoms with Crippen LogP contribution in [0.25, 0.3) is 0 Å². The molecule has 5 nitrogen and oxygen atoms in total. The van der Waals surface area contributed by atoms with E-state index in [4.69, 9.17) is 10.8 Å². The van der Waals surface area contributed by atoms with E-state index in [0.29, 0.717) is 23.5 Å². The molecule has 0 radical (unpaired) electrons. The molecule has 0 spiro atoms. The lowest BCUT2D eigenvalue weighted by Crippen LogP contribution is -2.47. The molecule has 3 N–H and O–H groups in total. The Morgan fingerprint density at radius 2 is 2.25 bits per heavy atom. The first-order valence-electron chi connectivity index (χ1n) is 6.45. The van der Waals surface area contributed by atoms with Crippen LogP contribution in [0.3, 0.4) is 0 Å². The zero-order chi connectivity index (χ0) is 14.7. The molecule has 1 aromatic rings. The maximum Gasteiger partial charge on any atom is 0.305 e. The number of hydrogen-bond acceptors (Lipinski definition) is 4. The Labute approximate surface area is 122 Å². The molecule has 1 fully saturated rings. The van der Waals surface area contributed by atoms with Crippen molar-refractivity contribution in [2.24, 2.45) is 0 Å². The van der Waals surface area contributed by atoms with E-state index in [1.54, 1.807) is 34.9 Å². The smallest absolute Gasteiger partial charge is 0.305 e. The molecular formula is C14H18N2O3S. The first kappa shape index (κ1) is 14.7. The third-order valence-corrected chi connectivity index (χ3v) is 4.51. The Kier molecular flexibility index (Phi) is 4.54. The second-order valence-electron chi connectivity index (χ2n) is 4.90. The zero-order valence-corrected chi connectivity index (χ0v) is 12.2. The molecule has 1 amide bonds. The van der Waals surface area contributed by atoms with E-state index in [0.717, 1.165) is 11.3 Å². The van der Waals surface area contributed by atoms with E-state index in [9.17, 15) is 9.59 Å². The van der Waals surface area contributed by atoms with Crippen LogP contribution in [-0.4, -0.2) is 46.0 Å². The maximum atomic E-state index is 12.5. The molecule has 1 atom stereocenters. The summed E-state index contributed by atoms with van der Waals surface area (Å²) in [5, 5.41) is 8.95. The van der Waals surface area contributed by atoms with E-state index in [1.807, 2.05) is 6.92 Å². The van der Waals surface area contributed by atoms with Gasteiger partial charge in [-0.2, -0.15) is 11.8 Å². The van der Waals surface area contributed by atoms with Crippen molar-refractivity contribution < 1.29 is 14.7 Å². The average molecular weight is 294 g/mol. The van der Waals surface area contributed by atoms with Gasteiger partial charge in [0, 0.05) is 29.3 Å². The molecule has 1 aliphatic rings. The molecule has 0 aromatic heterocycles. The van der Waals surface area contributed by atoms with Gasteiger partial charge in [0.15, 0.2) is 0 Å². The summed E-state index contributed by atoms with van der Waals surface area (Å²) in [6, 6.07) is 4.94. The summed E-state index contributed by atoms with van der Waals surface area (Å²) in [7, 11) is 0. The number of carbonyl (C=O) groups excluding carboxylic acids is 1. The van der Waals surface area contributed by atoms with Gasteiger partial charge in [0.25, 0.3) is 5.91 Å². The summed E-state index contributed by atoms with van der Waals surface area (Å²) in [6.07, 6.45) is -0.00725. The van der Waals surface area contributed by atoms with Gasteiger partial charge in [0.2, 0.25) is 0 Å². The Morgan fingerprint density at radius 1 is 1.50 bits per heavy atom. The average Bonchev–Trinajstić information content (AvgIpc) is 2.41. The van der Waals surface area contributed by atoms with E-state index in [-0.39, 0.29) is 18.4 Å². The normalized spacial score (nSPS) is 18.9. The highest BCUT2D eigenvalue weighted by Gasteiger charge is 2.29. The van der Waals surface area contributed by atoms with Gasteiger partial charge in [-0.3, -0.25) is 9.59 Å². The molecule has 20 heavy (non-hydrogen) atoms. The molecule has 108 valence electrons. The number of nitrogen functional groups attached to an aromatic ring is 1. The number of rotatable bonds is 3. The monoisotopic (exact) mass is 294 g/mol. The number of thioether (sulfide) groups is 1. The van der Waals surface area contributed by atoms with Gasteiger partial charge in [-0.1, -0.05) is 0 Å². The summed E-state index contributed by atoms with van der Waals surface area (Å²) in [6.45, 7) is 2.44. The van der Waals surface area contributed by atoms with Gasteiger partial charge in [-0.05, 0) is 30.7 Å². The van der Waals surface area contributed by atoms with Crippen molar-refractivity contribution in [3.63, 3.8) is 0 Å². The van der Waals surface area contributed by atoms with Gasteiger partial charge >= 0.3 is 5.97 Å². The third-order valence-electron chi connectivity index (χ3n) is 3.42. The fourth-order valence-corrected chi connectivity index (χ4v) is 3.33. The summed E-state index contributed by atoms with van der Waals surface area (Å²) in [5.41, 5.74) is 7.83. The lowest BCUT2D eigenvalue weighted by molar-refractivity contribution is -0.138. The minimum absolute atomic E-state index is 0.00725. The number of benzene rings is 1. The predicted molar refractivity (Wildman–Crippen MR) is 80.0 cm³/mol. The SMILES string of the molecule is Cc1cc(C(=O)N2CCSCC2CC(=O)O)ccc1N. The lowest BCUT2D eigenvalue weighted by Gasteiger charge is -2.34. The van der Waals surface area contributed by atoms with E-state index in [1.165, 1.54) is 0 Å². The predicted octanol–water partition coefficient (Wildman–Crippen LogP) is 1.61. The van der Waals surface area contributed by atoms with Crippen molar-refractivity contribution in [1.29, 1.82) is 0 Å². The van der Waals surface area contributed by atoms with Crippen molar-refractivity contribution in [2.75, 3.05) is 23.8 Å². The standard InChI is InChI=1S/C14H18N2O3S/c1-9-6-10(2-3-12(9)15)14(19)16-4-5-20-8-11(16)7-13(17)18/h2-3,6,11H,4-5,7-8,15H2,1H3,(H,17,18). The molecular weight excluding hydrogens is 276 g/mol. The van der Waals surface area contributed by atoms with E-state index in [2.05, 4.69) is 0 Å². The van der Waals surface area contributed by atoms with Crippen LogP contribution in [0.15, 0.2) is 18.2 Å². The van der Waals surface area contributed by atoms with Crippen LogP contribution in [0.2, 0.25) is 0 Å². The zero-order valence-electron chi connectivity index (χ0n) is 11.3. The summed E-state index contributed by atoms with van der Waals surface area (Å²) in [5.74, 6) is 0.533. The minimum atomic E-state index is -0.871. The molecule has 1 aliphatic heterocycles. The number of hydrogen-bond donors (Lipinski definition) is 2. The lowest BCUT2D eigenvalue weighted by atomic mass is 10.1. The molecule has 0 bridgehead atoms. The summed E-state index contributed by atoms with van der Waals surface area (Å²) >= 11 is 1.69. The largest absolute Gasteiger partial charge is 0.481 e. The number of nitrogens with two attached hydrogens (primary N) is 1. The number of carboxylic acid groups (broad SMARTS) is 1. The second kappa shape index (κ2) is 6.17. The van der Waals surface area contributed by atoms with Crippen LogP contribution in [-0.2, 0) is 4.79 Å². The van der Waals surface area contributed by atoms with Crippen LogP contribution < -0.4 is 5.73 Å². The molecule has 1 unspecified atom stereocenters. The first-order valence-corrected chi connectivity index (χ1v) is 7.61. The van der Waals surface area contributed by atoms with Crippen molar-refractivity contribution in [2.45, 2.75) is 19.4 Å². The van der Waals surface area contributed by atoms with Gasteiger partial charge in [0.1, 0.15) is 0 Å². The Morgan fingerprint density at radius 3 is 2.90 bits per heavy atom. The second-order valence-corrected chi connectivity index (χ2v) is 6.05. The summed E-state index contributed by atoms with van der Waals surface area (Å²) < 4.78 is 0. The van der Waals surface area contributed by atoms with Gasteiger partial charge < -0.3 is 15.7 Å². The topological polar surface area (TPSA) is 83.6 Å². The molecule has 2 rings (SSSR count). The number of carboxylic acids is 1. The van der Waals surface area contributed by atoms with Gasteiger partial charge in [-0.25, -0.2) is 0 Å². The van der Waals surface area contributed by atoms with E-state index < -0.39 is 5.97 Å². The van der Waals surface area contributed by atoms with Crippen molar-refractivity contribution in [3.8, 4) is 0 Å². The molecule has 0 saturated carbocycles. The van der Waals surface area contributed by atoms with Crippen LogP contribution in [0, 0.1) is 6.92 Å². The molecule has 0 aliphatic carbocycles. The van der Waals surface area contributed by atoms with Crippen LogP contribution in [0.4, 0.5) is 5.69 Å². The fraction of sp³-hybridized carbons (Fsp3) is 0.429. The first-order chi connectivity index (χ1) is 9.49. The van der Waals surface area contributed by atoms with E-state index >= 15 is 0 Å². The van der Waals surface area contributed by atoms with Crippen LogP contribution >= 0.6 is 11.8 Å². The van der Waals surface area contributed by atoms with Gasteiger partial charge in [-0.15, -0.1) is 0 Å². The van der Waals surface area contributed by atoms with Gasteiger partial charge in [0.05, 0.1) is 12.5 Å². The Bertz CT molecular complexity index is 533. The highest BCUT2D eigenvalue weighted by molar-refractivity contribution is 7.99. The quantitative estimate of drug-likeness (QED) is 0.827. The van der Waals surface area contributed by atoms with Crippen molar-refractivity contribution in [3.05, 3.63) is 29.3 Å². The third kappa shape index (κ3) is 3.25.